The van der Waals surface area contributed by atoms with Crippen LogP contribution in [0.5, 0.6) is 0 Å². The van der Waals surface area contributed by atoms with Crippen LogP contribution in [0.15, 0.2) is 30.3 Å². The molecule has 1 aromatic rings. The summed E-state index contributed by atoms with van der Waals surface area (Å²) in [7, 11) is -1.58. The molecule has 0 amide bonds. The summed E-state index contributed by atoms with van der Waals surface area (Å²) in [4.78, 5) is 0. The van der Waals surface area contributed by atoms with Gasteiger partial charge in [0, 0.05) is 0 Å². The van der Waals surface area contributed by atoms with E-state index in [4.69, 9.17) is 22.2 Å². The first kappa shape index (κ1) is 9.95. The molecule has 0 heterocycles. The predicted molar refractivity (Wildman–Crippen MR) is 47.4 cm³/mol. The minimum absolute atomic E-state index is 0. The van der Waals surface area contributed by atoms with Gasteiger partial charge in [-0.3, -0.25) is 4.70 Å². The summed E-state index contributed by atoms with van der Waals surface area (Å²) < 4.78 is 0. The van der Waals surface area contributed by atoms with E-state index >= 15 is 0 Å². The zero-order valence-electron chi connectivity index (χ0n) is 5.13. The van der Waals surface area contributed by atoms with Crippen molar-refractivity contribution in [3.05, 3.63) is 30.3 Å². The van der Waals surface area contributed by atoms with Crippen molar-refractivity contribution < 1.29 is 4.70 Å². The van der Waals surface area contributed by atoms with Gasteiger partial charge in [0.1, 0.15) is 0 Å². The molecule has 0 aromatic heterocycles. The lowest BCUT2D eigenvalue weighted by atomic mass is 10.4. The lowest BCUT2D eigenvalue weighted by molar-refractivity contribution is 1.11. The minimum Gasteiger partial charge on any atom is -0.269 e. The predicted octanol–water partition coefficient (Wildman–Crippen LogP) is 1.74. The van der Waals surface area contributed by atoms with E-state index in [0.29, 0.717) is 0 Å². The van der Waals surface area contributed by atoms with Crippen LogP contribution in [-0.4, -0.2) is 7.42 Å². The van der Waals surface area contributed by atoms with Crippen LogP contribution in [0.3, 0.4) is 0 Å². The molecule has 0 radical (unpaired) electrons. The first-order chi connectivity index (χ1) is 4.30. The summed E-state index contributed by atoms with van der Waals surface area (Å²) in [5, 5.41) is 1.08. The Hall–Kier alpha value is -0.0531. The summed E-state index contributed by atoms with van der Waals surface area (Å²) in [6, 6.07) is 9.75. The molecule has 0 saturated carbocycles. The van der Waals surface area contributed by atoms with Gasteiger partial charge in [-0.1, -0.05) is 30.3 Å². The van der Waals surface area contributed by atoms with Crippen LogP contribution < -0.4 is 5.19 Å². The summed E-state index contributed by atoms with van der Waals surface area (Å²) in [5.74, 6) is 0. The number of hydrogen-bond acceptors (Lipinski definition) is 0. The average Bonchev–Trinajstić information content (AvgIpc) is 1.90. The van der Waals surface area contributed by atoms with Gasteiger partial charge in [-0.05, 0) is 5.19 Å². The normalized spacial score (nSPS) is 9.10. The first-order valence-electron chi connectivity index (χ1n) is 2.64. The van der Waals surface area contributed by atoms with Gasteiger partial charge in [0.25, 0.3) is 7.42 Å². The Morgan fingerprint density at radius 2 is 1.50 bits per heavy atom. The molecule has 0 nitrogen and oxygen atoms in total. The quantitative estimate of drug-likeness (QED) is 0.475. The molecular weight excluding hydrogens is 190 g/mol. The van der Waals surface area contributed by atoms with Crippen LogP contribution in [0.25, 0.3) is 0 Å². The lowest BCUT2D eigenvalue weighted by Crippen LogP contribution is -2.16. The van der Waals surface area contributed by atoms with Gasteiger partial charge in [0.2, 0.25) is 0 Å². The van der Waals surface area contributed by atoms with Crippen LogP contribution in [0.4, 0.5) is 4.70 Å². The number of hydrogen-bond donors (Lipinski definition) is 0. The molecule has 56 valence electrons. The highest BCUT2D eigenvalue weighted by Crippen LogP contribution is 1.96. The molecule has 0 N–H and O–H groups in total. The minimum atomic E-state index is -1.58. The standard InChI is InChI=1S/C6H6Cl2Si.FH/c7-9(8)6-4-2-1-3-5-6;/h1-5,9H;1H. The van der Waals surface area contributed by atoms with Crippen molar-refractivity contribution in [1.82, 2.24) is 0 Å². The number of benzene rings is 1. The molecule has 0 bridgehead atoms. The van der Waals surface area contributed by atoms with Crippen LogP contribution in [0, 0.1) is 0 Å². The van der Waals surface area contributed by atoms with E-state index in [1.165, 1.54) is 0 Å². The Balaban J connectivity index is 0.000000810. The van der Waals surface area contributed by atoms with E-state index in [2.05, 4.69) is 0 Å². The van der Waals surface area contributed by atoms with Crippen molar-refractivity contribution in [3.63, 3.8) is 0 Å². The second kappa shape index (κ2) is 4.72. The maximum Gasteiger partial charge on any atom is 0.266 e. The molecule has 10 heavy (non-hydrogen) atoms. The van der Waals surface area contributed by atoms with Gasteiger partial charge < -0.3 is 0 Å². The van der Waals surface area contributed by atoms with Gasteiger partial charge in [0.05, 0.1) is 0 Å². The average molecular weight is 197 g/mol. The highest BCUT2D eigenvalue weighted by molar-refractivity contribution is 7.39. The van der Waals surface area contributed by atoms with E-state index in [9.17, 15) is 0 Å². The summed E-state index contributed by atoms with van der Waals surface area (Å²) in [6.45, 7) is 0. The molecule has 0 aliphatic heterocycles. The van der Waals surface area contributed by atoms with Crippen molar-refractivity contribution in [2.75, 3.05) is 0 Å². The highest BCUT2D eigenvalue weighted by Gasteiger charge is 2.02. The monoisotopic (exact) mass is 196 g/mol. The molecule has 0 fully saturated rings. The van der Waals surface area contributed by atoms with Crippen LogP contribution in [-0.2, 0) is 0 Å². The second-order valence-electron chi connectivity index (χ2n) is 1.71. The van der Waals surface area contributed by atoms with Crippen molar-refractivity contribution in [3.8, 4) is 0 Å². The summed E-state index contributed by atoms with van der Waals surface area (Å²) in [6.07, 6.45) is 0. The Labute approximate surface area is 70.2 Å². The van der Waals surface area contributed by atoms with Crippen LogP contribution in [0.2, 0.25) is 0 Å². The summed E-state index contributed by atoms with van der Waals surface area (Å²) in [5.41, 5.74) is 0. The SMILES string of the molecule is Cl[SiH](Cl)c1ccccc1.F. The molecule has 0 aliphatic rings. The number of rotatable bonds is 1. The van der Waals surface area contributed by atoms with Crippen molar-refractivity contribution in [2.24, 2.45) is 0 Å². The molecule has 0 aliphatic carbocycles. The molecule has 1 rings (SSSR count). The van der Waals surface area contributed by atoms with Gasteiger partial charge in [-0.15, -0.1) is 22.2 Å². The fourth-order valence-corrected chi connectivity index (χ4v) is 1.98. The Bertz CT molecular complexity index is 178. The van der Waals surface area contributed by atoms with Gasteiger partial charge in [0.15, 0.2) is 0 Å². The molecule has 0 atom stereocenters. The second-order valence-corrected chi connectivity index (χ2v) is 6.27. The lowest BCUT2D eigenvalue weighted by Gasteiger charge is -1.95. The van der Waals surface area contributed by atoms with Crippen LogP contribution >= 0.6 is 22.2 Å². The van der Waals surface area contributed by atoms with E-state index in [-0.39, 0.29) is 4.70 Å². The molecule has 1 aromatic carbocycles. The van der Waals surface area contributed by atoms with E-state index in [1.807, 2.05) is 30.3 Å². The van der Waals surface area contributed by atoms with Gasteiger partial charge in [-0.2, -0.15) is 0 Å². The first-order valence-corrected chi connectivity index (χ1v) is 6.70. The third-order valence-electron chi connectivity index (χ3n) is 1.05. The molecule has 0 spiro atoms. The molecule has 0 unspecified atom stereocenters. The van der Waals surface area contributed by atoms with E-state index in [0.717, 1.165) is 5.19 Å². The fourth-order valence-electron chi connectivity index (χ4n) is 0.599. The van der Waals surface area contributed by atoms with Crippen LogP contribution in [0.1, 0.15) is 0 Å². The molecule has 0 saturated heterocycles. The van der Waals surface area contributed by atoms with Gasteiger partial charge in [-0.25, -0.2) is 0 Å². The Morgan fingerprint density at radius 3 is 1.80 bits per heavy atom. The smallest absolute Gasteiger partial charge is 0.266 e. The zero-order chi connectivity index (χ0) is 6.69. The molecular formula is C6H7Cl2FSi. The van der Waals surface area contributed by atoms with Crippen molar-refractivity contribution >= 4 is 34.8 Å². The zero-order valence-corrected chi connectivity index (χ0v) is 7.79. The van der Waals surface area contributed by atoms with E-state index in [1.54, 1.807) is 0 Å². The van der Waals surface area contributed by atoms with Crippen molar-refractivity contribution in [2.45, 2.75) is 0 Å². The number of halogens is 3. The van der Waals surface area contributed by atoms with E-state index < -0.39 is 7.42 Å². The summed E-state index contributed by atoms with van der Waals surface area (Å²) >= 11 is 11.4. The maximum absolute atomic E-state index is 5.71. The third-order valence-corrected chi connectivity index (χ3v) is 3.45. The fraction of sp³-hybridized carbons (Fsp3) is 0. The van der Waals surface area contributed by atoms with Gasteiger partial charge >= 0.3 is 0 Å². The Morgan fingerprint density at radius 1 is 1.00 bits per heavy atom. The molecule has 4 heteroatoms. The third kappa shape index (κ3) is 2.69. The largest absolute Gasteiger partial charge is 0.269 e. The maximum atomic E-state index is 5.71. The van der Waals surface area contributed by atoms with Crippen molar-refractivity contribution in [1.29, 1.82) is 0 Å². The topological polar surface area (TPSA) is 0 Å². The highest BCUT2D eigenvalue weighted by atomic mass is 35.7. The Kier molecular flexibility index (Phi) is 4.69.